The van der Waals surface area contributed by atoms with Gasteiger partial charge in [0.2, 0.25) is 0 Å². The fraction of sp³-hybridized carbons (Fsp3) is 0.889. The monoisotopic (exact) mass is 174 g/mol. The van der Waals surface area contributed by atoms with Gasteiger partial charge >= 0.3 is 5.97 Å². The summed E-state index contributed by atoms with van der Waals surface area (Å²) in [5, 5.41) is 8.38. The minimum absolute atomic E-state index is 0.0588. The van der Waals surface area contributed by atoms with Crippen LogP contribution in [-0.4, -0.2) is 23.8 Å². The second-order valence-corrected chi connectivity index (χ2v) is 3.47. The van der Waals surface area contributed by atoms with Crippen molar-refractivity contribution < 1.29 is 14.6 Å². The molecule has 0 rings (SSSR count). The summed E-state index contributed by atoms with van der Waals surface area (Å²) in [6.45, 7) is 6.76. The first kappa shape index (κ1) is 11.4. The van der Waals surface area contributed by atoms with Crippen LogP contribution < -0.4 is 0 Å². The minimum atomic E-state index is -0.755. The molecule has 0 aliphatic rings. The number of hydrogen-bond acceptors (Lipinski definition) is 2. The number of aliphatic carboxylic acids is 1. The van der Waals surface area contributed by atoms with E-state index in [1.54, 1.807) is 0 Å². The molecule has 0 saturated heterocycles. The number of carboxylic acids is 1. The lowest BCUT2D eigenvalue weighted by Crippen LogP contribution is -2.14. The van der Waals surface area contributed by atoms with Crippen molar-refractivity contribution in [2.24, 2.45) is 5.92 Å². The largest absolute Gasteiger partial charge is 0.481 e. The third kappa shape index (κ3) is 7.54. The van der Waals surface area contributed by atoms with E-state index in [4.69, 9.17) is 9.84 Å². The Kier molecular flexibility index (Phi) is 5.72. The molecule has 0 amide bonds. The molecule has 0 spiro atoms. The molecule has 0 fully saturated rings. The van der Waals surface area contributed by atoms with Gasteiger partial charge < -0.3 is 9.84 Å². The topological polar surface area (TPSA) is 46.5 Å². The van der Waals surface area contributed by atoms with Crippen molar-refractivity contribution in [3.63, 3.8) is 0 Å². The molecule has 3 nitrogen and oxygen atoms in total. The van der Waals surface area contributed by atoms with E-state index < -0.39 is 5.97 Å². The zero-order chi connectivity index (χ0) is 9.56. The van der Waals surface area contributed by atoms with Gasteiger partial charge in [-0.1, -0.05) is 13.8 Å². The van der Waals surface area contributed by atoms with Crippen molar-refractivity contribution in [1.82, 2.24) is 0 Å². The summed E-state index contributed by atoms with van der Waals surface area (Å²) < 4.78 is 5.39. The first-order valence-corrected chi connectivity index (χ1v) is 4.35. The minimum Gasteiger partial charge on any atom is -0.481 e. The van der Waals surface area contributed by atoms with Crippen LogP contribution >= 0.6 is 0 Å². The molecule has 0 radical (unpaired) electrons. The Morgan fingerprint density at radius 2 is 2.00 bits per heavy atom. The summed E-state index contributed by atoms with van der Waals surface area (Å²) in [5.41, 5.74) is 0. The third-order valence-corrected chi connectivity index (χ3v) is 1.48. The number of rotatable bonds is 6. The smallest absolute Gasteiger partial charge is 0.303 e. The lowest BCUT2D eigenvalue weighted by atomic mass is 10.2. The quantitative estimate of drug-likeness (QED) is 0.669. The Labute approximate surface area is 73.7 Å². The molecular formula is C9H18O3. The maximum atomic E-state index is 10.2. The molecule has 0 aliphatic carbocycles. The average Bonchev–Trinajstić information content (AvgIpc) is 1.96. The van der Waals surface area contributed by atoms with E-state index in [-0.39, 0.29) is 12.5 Å². The second kappa shape index (κ2) is 6.00. The van der Waals surface area contributed by atoms with Gasteiger partial charge in [0.1, 0.15) is 0 Å². The van der Waals surface area contributed by atoms with Crippen molar-refractivity contribution >= 4 is 5.97 Å². The van der Waals surface area contributed by atoms with Crippen molar-refractivity contribution in [3.8, 4) is 0 Å². The maximum absolute atomic E-state index is 10.2. The van der Waals surface area contributed by atoms with E-state index in [1.165, 1.54) is 0 Å². The van der Waals surface area contributed by atoms with E-state index in [1.807, 2.05) is 6.92 Å². The first-order valence-electron chi connectivity index (χ1n) is 4.35. The zero-order valence-corrected chi connectivity index (χ0v) is 8.04. The number of carboxylic acid groups (broad SMARTS) is 1. The standard InChI is InChI=1S/C9H18O3/c1-7(2)6-12-8(3)4-5-9(10)11/h7-8H,4-6H2,1-3H3,(H,10,11). The van der Waals surface area contributed by atoms with Crippen LogP contribution in [0.5, 0.6) is 0 Å². The molecule has 0 aliphatic heterocycles. The van der Waals surface area contributed by atoms with Crippen molar-refractivity contribution in [2.45, 2.75) is 39.7 Å². The van der Waals surface area contributed by atoms with Crippen LogP contribution in [0.15, 0.2) is 0 Å². The van der Waals surface area contributed by atoms with Crippen LogP contribution in [-0.2, 0) is 9.53 Å². The van der Waals surface area contributed by atoms with Gasteiger partial charge in [0, 0.05) is 13.0 Å². The van der Waals surface area contributed by atoms with Crippen LogP contribution in [0.2, 0.25) is 0 Å². The molecule has 0 aromatic carbocycles. The lowest BCUT2D eigenvalue weighted by Gasteiger charge is -2.13. The van der Waals surface area contributed by atoms with Gasteiger partial charge in [0.25, 0.3) is 0 Å². The molecule has 0 bridgehead atoms. The zero-order valence-electron chi connectivity index (χ0n) is 8.04. The van der Waals surface area contributed by atoms with Gasteiger partial charge in [-0.15, -0.1) is 0 Å². The van der Waals surface area contributed by atoms with Crippen molar-refractivity contribution in [2.75, 3.05) is 6.61 Å². The molecule has 0 heterocycles. The van der Waals surface area contributed by atoms with Crippen molar-refractivity contribution in [1.29, 1.82) is 0 Å². The number of carbonyl (C=O) groups is 1. The normalized spacial score (nSPS) is 13.3. The first-order chi connectivity index (χ1) is 5.52. The van der Waals surface area contributed by atoms with Gasteiger partial charge in [-0.05, 0) is 19.3 Å². The third-order valence-electron chi connectivity index (χ3n) is 1.48. The predicted molar refractivity (Wildman–Crippen MR) is 47.1 cm³/mol. The van der Waals surface area contributed by atoms with E-state index in [0.717, 1.165) is 0 Å². The van der Waals surface area contributed by atoms with Crippen LogP contribution in [0, 0.1) is 5.92 Å². The lowest BCUT2D eigenvalue weighted by molar-refractivity contribution is -0.137. The van der Waals surface area contributed by atoms with Gasteiger partial charge in [0.05, 0.1) is 6.10 Å². The molecule has 12 heavy (non-hydrogen) atoms. The van der Waals surface area contributed by atoms with E-state index >= 15 is 0 Å². The van der Waals surface area contributed by atoms with Crippen molar-refractivity contribution in [3.05, 3.63) is 0 Å². The van der Waals surface area contributed by atoms with E-state index in [2.05, 4.69) is 13.8 Å². The van der Waals surface area contributed by atoms with Gasteiger partial charge in [-0.2, -0.15) is 0 Å². The summed E-state index contributed by atoms with van der Waals surface area (Å²) in [7, 11) is 0. The summed E-state index contributed by atoms with van der Waals surface area (Å²) in [5.74, 6) is -0.243. The molecule has 1 N–H and O–H groups in total. The highest BCUT2D eigenvalue weighted by Gasteiger charge is 2.05. The van der Waals surface area contributed by atoms with Gasteiger partial charge in [0.15, 0.2) is 0 Å². The van der Waals surface area contributed by atoms with E-state index in [9.17, 15) is 4.79 Å². The average molecular weight is 174 g/mol. The van der Waals surface area contributed by atoms with E-state index in [0.29, 0.717) is 18.9 Å². The summed E-state index contributed by atoms with van der Waals surface area (Å²) in [6, 6.07) is 0. The summed E-state index contributed by atoms with van der Waals surface area (Å²) >= 11 is 0. The Bertz CT molecular complexity index is 132. The number of hydrogen-bond donors (Lipinski definition) is 1. The molecule has 3 heteroatoms. The molecule has 0 aromatic heterocycles. The maximum Gasteiger partial charge on any atom is 0.303 e. The number of ether oxygens (including phenoxy) is 1. The Morgan fingerprint density at radius 3 is 2.42 bits per heavy atom. The Balaban J connectivity index is 3.33. The molecule has 1 unspecified atom stereocenters. The highest BCUT2D eigenvalue weighted by atomic mass is 16.5. The second-order valence-electron chi connectivity index (χ2n) is 3.47. The van der Waals surface area contributed by atoms with Crippen LogP contribution in [0.4, 0.5) is 0 Å². The Hall–Kier alpha value is -0.570. The SMILES string of the molecule is CC(C)COC(C)CCC(=O)O. The van der Waals surface area contributed by atoms with Crippen LogP contribution in [0.3, 0.4) is 0 Å². The fourth-order valence-corrected chi connectivity index (χ4v) is 0.767. The molecule has 1 atom stereocenters. The summed E-state index contributed by atoms with van der Waals surface area (Å²) in [4.78, 5) is 10.2. The molecule has 0 aromatic rings. The summed E-state index contributed by atoms with van der Waals surface area (Å²) in [6.07, 6.45) is 0.852. The molecule has 0 saturated carbocycles. The Morgan fingerprint density at radius 1 is 1.42 bits per heavy atom. The molecular weight excluding hydrogens is 156 g/mol. The van der Waals surface area contributed by atoms with Crippen LogP contribution in [0.1, 0.15) is 33.6 Å². The highest BCUT2D eigenvalue weighted by Crippen LogP contribution is 2.03. The highest BCUT2D eigenvalue weighted by molar-refractivity contribution is 5.66. The van der Waals surface area contributed by atoms with Crippen LogP contribution in [0.25, 0.3) is 0 Å². The van der Waals surface area contributed by atoms with Gasteiger partial charge in [-0.3, -0.25) is 4.79 Å². The fourth-order valence-electron chi connectivity index (χ4n) is 0.767. The van der Waals surface area contributed by atoms with Gasteiger partial charge in [-0.25, -0.2) is 0 Å². The predicted octanol–water partition coefficient (Wildman–Crippen LogP) is 1.91. The molecule has 72 valence electrons.